The van der Waals surface area contributed by atoms with Crippen molar-refractivity contribution >= 4 is 22.9 Å². The third kappa shape index (κ3) is 2.29. The van der Waals surface area contributed by atoms with Crippen LogP contribution >= 0.6 is 11.6 Å². The van der Waals surface area contributed by atoms with E-state index in [1.54, 1.807) is 6.20 Å². The number of hydrogen-bond donors (Lipinski definition) is 0. The monoisotopic (exact) mass is 278 g/mol. The second-order valence-corrected chi connectivity index (χ2v) is 5.91. The zero-order valence-corrected chi connectivity index (χ0v) is 12.1. The first-order valence-electron chi connectivity index (χ1n) is 6.84. The van der Waals surface area contributed by atoms with Gasteiger partial charge in [-0.25, -0.2) is 9.50 Å². The van der Waals surface area contributed by atoms with Crippen LogP contribution in [0.2, 0.25) is 0 Å². The van der Waals surface area contributed by atoms with Gasteiger partial charge in [0.25, 0.3) is 0 Å². The van der Waals surface area contributed by atoms with Crippen molar-refractivity contribution in [1.82, 2.24) is 14.6 Å². The van der Waals surface area contributed by atoms with Gasteiger partial charge in [0.15, 0.2) is 5.82 Å². The van der Waals surface area contributed by atoms with Crippen molar-refractivity contribution in [3.05, 3.63) is 24.2 Å². The van der Waals surface area contributed by atoms with Crippen LogP contribution in [-0.2, 0) is 0 Å². The normalized spacial score (nSPS) is 23.7. The lowest BCUT2D eigenvalue weighted by molar-refractivity contribution is 0.433. The average molecular weight is 279 g/mol. The SMILES string of the molecule is Cc1cc2c(N(C)C3CCCCC3Cl)nccn2n1. The molecule has 1 aliphatic rings. The first kappa shape index (κ1) is 12.7. The predicted molar refractivity (Wildman–Crippen MR) is 78.0 cm³/mol. The molecular weight excluding hydrogens is 260 g/mol. The molecule has 1 saturated carbocycles. The van der Waals surface area contributed by atoms with Gasteiger partial charge >= 0.3 is 0 Å². The van der Waals surface area contributed by atoms with Gasteiger partial charge in [0.1, 0.15) is 5.52 Å². The van der Waals surface area contributed by atoms with Crippen LogP contribution in [-0.4, -0.2) is 33.1 Å². The second-order valence-electron chi connectivity index (χ2n) is 5.35. The van der Waals surface area contributed by atoms with Gasteiger partial charge in [-0.1, -0.05) is 12.8 Å². The quantitative estimate of drug-likeness (QED) is 0.792. The topological polar surface area (TPSA) is 33.4 Å². The van der Waals surface area contributed by atoms with Crippen LogP contribution in [0.5, 0.6) is 0 Å². The molecule has 0 bridgehead atoms. The van der Waals surface area contributed by atoms with Crippen molar-refractivity contribution in [3.8, 4) is 0 Å². The van der Waals surface area contributed by atoms with Crippen molar-refractivity contribution < 1.29 is 0 Å². The van der Waals surface area contributed by atoms with Crippen molar-refractivity contribution in [2.45, 2.75) is 44.0 Å². The lowest BCUT2D eigenvalue weighted by Crippen LogP contribution is -2.41. The van der Waals surface area contributed by atoms with Gasteiger partial charge in [0, 0.05) is 25.5 Å². The number of aryl methyl sites for hydroxylation is 1. The summed E-state index contributed by atoms with van der Waals surface area (Å²) in [6, 6.07) is 2.44. The third-order valence-electron chi connectivity index (χ3n) is 3.97. The summed E-state index contributed by atoms with van der Waals surface area (Å²) in [4.78, 5) is 6.77. The highest BCUT2D eigenvalue weighted by Gasteiger charge is 2.28. The molecule has 2 unspecified atom stereocenters. The third-order valence-corrected chi connectivity index (χ3v) is 4.48. The van der Waals surface area contributed by atoms with E-state index in [9.17, 15) is 0 Å². The minimum atomic E-state index is 0.213. The molecule has 2 aromatic heterocycles. The van der Waals surface area contributed by atoms with Gasteiger partial charge in [-0.15, -0.1) is 11.6 Å². The summed E-state index contributed by atoms with van der Waals surface area (Å²) < 4.78 is 1.89. The minimum absolute atomic E-state index is 0.213. The molecule has 0 spiro atoms. The molecule has 0 amide bonds. The number of anilines is 1. The number of rotatable bonds is 2. The first-order valence-corrected chi connectivity index (χ1v) is 7.28. The maximum absolute atomic E-state index is 6.49. The minimum Gasteiger partial charge on any atom is -0.353 e. The van der Waals surface area contributed by atoms with Gasteiger partial charge in [-0.05, 0) is 25.8 Å². The lowest BCUT2D eigenvalue weighted by atomic mass is 9.94. The molecule has 19 heavy (non-hydrogen) atoms. The number of halogens is 1. The largest absolute Gasteiger partial charge is 0.353 e. The molecular formula is C14H19ClN4. The van der Waals surface area contributed by atoms with Crippen LogP contribution in [0.3, 0.4) is 0 Å². The summed E-state index contributed by atoms with van der Waals surface area (Å²) in [6.45, 7) is 2.00. The van der Waals surface area contributed by atoms with Crippen molar-refractivity contribution in [3.63, 3.8) is 0 Å². The summed E-state index contributed by atoms with van der Waals surface area (Å²) in [5, 5.41) is 4.65. The molecule has 5 heteroatoms. The Morgan fingerprint density at radius 2 is 2.16 bits per heavy atom. The Bertz CT molecular complexity index is 580. The standard InChI is InChI=1S/C14H19ClN4/c1-10-9-13-14(16-7-8-19(13)17-10)18(2)12-6-4-3-5-11(12)15/h7-9,11-12H,3-6H2,1-2H3. The number of fused-ring (bicyclic) bond motifs is 1. The van der Waals surface area contributed by atoms with Gasteiger partial charge in [-0.3, -0.25) is 0 Å². The first-order chi connectivity index (χ1) is 9.16. The van der Waals surface area contributed by atoms with Crippen LogP contribution < -0.4 is 4.90 Å². The average Bonchev–Trinajstić information content (AvgIpc) is 2.78. The van der Waals surface area contributed by atoms with Crippen LogP contribution in [0.15, 0.2) is 18.5 Å². The maximum Gasteiger partial charge on any atom is 0.154 e. The number of hydrogen-bond acceptors (Lipinski definition) is 3. The smallest absolute Gasteiger partial charge is 0.154 e. The van der Waals surface area contributed by atoms with E-state index >= 15 is 0 Å². The van der Waals surface area contributed by atoms with Gasteiger partial charge in [-0.2, -0.15) is 5.10 Å². The molecule has 0 radical (unpaired) electrons. The molecule has 0 aromatic carbocycles. The molecule has 2 aromatic rings. The van der Waals surface area contributed by atoms with E-state index in [2.05, 4.69) is 28.1 Å². The second kappa shape index (κ2) is 5.00. The van der Waals surface area contributed by atoms with E-state index in [-0.39, 0.29) is 5.38 Å². The van der Waals surface area contributed by atoms with Gasteiger partial charge in [0.2, 0.25) is 0 Å². The Morgan fingerprint density at radius 1 is 1.37 bits per heavy atom. The fourth-order valence-corrected chi connectivity index (χ4v) is 3.41. The Balaban J connectivity index is 1.98. The molecule has 2 heterocycles. The summed E-state index contributed by atoms with van der Waals surface area (Å²) in [6.07, 6.45) is 8.41. The molecule has 1 aliphatic carbocycles. The zero-order valence-electron chi connectivity index (χ0n) is 11.4. The Labute approximate surface area is 118 Å². The number of alkyl halides is 1. The summed E-state index contributed by atoms with van der Waals surface area (Å²) in [7, 11) is 2.09. The summed E-state index contributed by atoms with van der Waals surface area (Å²) in [5.74, 6) is 0.973. The van der Waals surface area contributed by atoms with Crippen LogP contribution in [0, 0.1) is 6.92 Å². The predicted octanol–water partition coefficient (Wildman–Crippen LogP) is 3.02. The van der Waals surface area contributed by atoms with Crippen LogP contribution in [0.1, 0.15) is 31.4 Å². The highest BCUT2D eigenvalue weighted by atomic mass is 35.5. The number of aromatic nitrogens is 3. The van der Waals surface area contributed by atoms with Crippen molar-refractivity contribution in [2.75, 3.05) is 11.9 Å². The molecule has 1 fully saturated rings. The molecule has 2 atom stereocenters. The van der Waals surface area contributed by atoms with E-state index < -0.39 is 0 Å². The molecule has 4 nitrogen and oxygen atoms in total. The van der Waals surface area contributed by atoms with Crippen molar-refractivity contribution in [1.29, 1.82) is 0 Å². The van der Waals surface area contributed by atoms with E-state index in [0.29, 0.717) is 6.04 Å². The van der Waals surface area contributed by atoms with E-state index in [1.807, 2.05) is 17.6 Å². The molecule has 102 valence electrons. The molecule has 0 saturated heterocycles. The summed E-state index contributed by atoms with van der Waals surface area (Å²) >= 11 is 6.49. The zero-order chi connectivity index (χ0) is 13.4. The maximum atomic E-state index is 6.49. The van der Waals surface area contributed by atoms with E-state index in [1.165, 1.54) is 12.8 Å². The molecule has 0 N–H and O–H groups in total. The van der Waals surface area contributed by atoms with E-state index in [4.69, 9.17) is 11.6 Å². The molecule has 0 aliphatic heterocycles. The lowest BCUT2D eigenvalue weighted by Gasteiger charge is -2.35. The Hall–Kier alpha value is -1.29. The van der Waals surface area contributed by atoms with Crippen LogP contribution in [0.25, 0.3) is 5.52 Å². The highest BCUT2D eigenvalue weighted by Crippen LogP contribution is 2.30. The fraction of sp³-hybridized carbons (Fsp3) is 0.571. The Kier molecular flexibility index (Phi) is 3.35. The van der Waals surface area contributed by atoms with E-state index in [0.717, 1.165) is 29.9 Å². The highest BCUT2D eigenvalue weighted by molar-refractivity contribution is 6.21. The van der Waals surface area contributed by atoms with Gasteiger partial charge in [0.05, 0.1) is 11.1 Å². The molecule has 3 rings (SSSR count). The van der Waals surface area contributed by atoms with Crippen LogP contribution in [0.4, 0.5) is 5.82 Å². The fourth-order valence-electron chi connectivity index (χ4n) is 2.96. The van der Waals surface area contributed by atoms with Gasteiger partial charge < -0.3 is 4.90 Å². The summed E-state index contributed by atoms with van der Waals surface area (Å²) in [5.41, 5.74) is 2.06. The van der Waals surface area contributed by atoms with Crippen molar-refractivity contribution in [2.24, 2.45) is 0 Å². The number of nitrogens with zero attached hydrogens (tertiary/aromatic N) is 4. The Morgan fingerprint density at radius 3 is 2.95 bits per heavy atom.